The number of ether oxygens (including phenoxy) is 1. The number of guanidine groups is 1. The van der Waals surface area contributed by atoms with E-state index in [4.69, 9.17) is 4.74 Å². The van der Waals surface area contributed by atoms with Crippen LogP contribution in [0.4, 0.5) is 0 Å². The Hall–Kier alpha value is -1.30. The van der Waals surface area contributed by atoms with Gasteiger partial charge in [-0.1, -0.05) is 20.8 Å². The molecule has 0 heterocycles. The number of nitrogens with zero attached hydrogens (tertiary/aromatic N) is 1. The highest BCUT2D eigenvalue weighted by molar-refractivity contribution is 5.81. The lowest BCUT2D eigenvalue weighted by atomic mass is 10.0. The first kappa shape index (κ1) is 20.7. The van der Waals surface area contributed by atoms with Gasteiger partial charge in [0.05, 0.1) is 6.10 Å². The number of aliphatic imine (C=N–C) groups is 1. The van der Waals surface area contributed by atoms with E-state index in [1.54, 1.807) is 7.05 Å². The zero-order valence-corrected chi connectivity index (χ0v) is 14.9. The summed E-state index contributed by atoms with van der Waals surface area (Å²) in [5.41, 5.74) is 0. The van der Waals surface area contributed by atoms with E-state index in [0.29, 0.717) is 18.9 Å². The van der Waals surface area contributed by atoms with E-state index in [-0.39, 0.29) is 12.0 Å². The zero-order valence-electron chi connectivity index (χ0n) is 14.9. The van der Waals surface area contributed by atoms with Gasteiger partial charge in [-0.25, -0.2) is 0 Å². The Morgan fingerprint density at radius 2 is 1.77 bits per heavy atom. The van der Waals surface area contributed by atoms with Crippen molar-refractivity contribution in [1.29, 1.82) is 0 Å². The second kappa shape index (κ2) is 13.4. The molecule has 1 amide bonds. The minimum absolute atomic E-state index is 0.0704. The lowest BCUT2D eigenvalue weighted by molar-refractivity contribution is -0.120. The van der Waals surface area contributed by atoms with Crippen LogP contribution in [-0.4, -0.2) is 51.3 Å². The molecular weight excluding hydrogens is 280 g/mol. The average molecular weight is 314 g/mol. The third kappa shape index (κ3) is 10.4. The van der Waals surface area contributed by atoms with E-state index >= 15 is 0 Å². The minimum atomic E-state index is 0.0704. The molecule has 0 aromatic carbocycles. The van der Waals surface area contributed by atoms with Crippen LogP contribution in [0.15, 0.2) is 4.99 Å². The molecule has 0 saturated heterocycles. The standard InChI is InChI=1S/C16H34N4O2/c1-6-10-18-15(21)9-12-20-16(17-5)19-11-8-14(13(3)4)22-7-2/h13-14H,6-12H2,1-5H3,(H,18,21)(H2,17,19,20). The zero-order chi connectivity index (χ0) is 16.8. The van der Waals surface area contributed by atoms with Crippen molar-refractivity contribution >= 4 is 11.9 Å². The van der Waals surface area contributed by atoms with Gasteiger partial charge in [0, 0.05) is 39.7 Å². The first-order valence-electron chi connectivity index (χ1n) is 8.37. The van der Waals surface area contributed by atoms with Gasteiger partial charge in [-0.05, 0) is 25.7 Å². The van der Waals surface area contributed by atoms with E-state index in [1.165, 1.54) is 0 Å². The Morgan fingerprint density at radius 1 is 1.09 bits per heavy atom. The summed E-state index contributed by atoms with van der Waals surface area (Å²) in [6.07, 6.45) is 2.60. The van der Waals surface area contributed by atoms with Gasteiger partial charge in [0.15, 0.2) is 5.96 Å². The molecule has 1 unspecified atom stereocenters. The monoisotopic (exact) mass is 314 g/mol. The number of rotatable bonds is 11. The molecule has 130 valence electrons. The van der Waals surface area contributed by atoms with E-state index in [9.17, 15) is 4.79 Å². The molecule has 0 aromatic rings. The summed E-state index contributed by atoms with van der Waals surface area (Å²) in [6.45, 7) is 11.2. The predicted molar refractivity (Wildman–Crippen MR) is 92.2 cm³/mol. The lowest BCUT2D eigenvalue weighted by Crippen LogP contribution is -2.40. The van der Waals surface area contributed by atoms with Crippen molar-refractivity contribution in [3.8, 4) is 0 Å². The Labute approximate surface area is 135 Å². The summed E-state index contributed by atoms with van der Waals surface area (Å²) in [6, 6.07) is 0. The van der Waals surface area contributed by atoms with Crippen LogP contribution in [0.5, 0.6) is 0 Å². The normalized spacial score (nSPS) is 13.1. The van der Waals surface area contributed by atoms with Crippen LogP contribution in [0.2, 0.25) is 0 Å². The first-order chi connectivity index (χ1) is 10.5. The quantitative estimate of drug-likeness (QED) is 0.399. The molecule has 0 radical (unpaired) electrons. The number of hydrogen-bond donors (Lipinski definition) is 3. The maximum Gasteiger partial charge on any atom is 0.221 e. The van der Waals surface area contributed by atoms with E-state index in [2.05, 4.69) is 34.8 Å². The summed E-state index contributed by atoms with van der Waals surface area (Å²) in [5.74, 6) is 1.29. The van der Waals surface area contributed by atoms with Gasteiger partial charge in [0.2, 0.25) is 5.91 Å². The fourth-order valence-electron chi connectivity index (χ4n) is 2.02. The van der Waals surface area contributed by atoms with Gasteiger partial charge in [0.1, 0.15) is 0 Å². The Kier molecular flexibility index (Phi) is 12.6. The summed E-state index contributed by atoms with van der Waals surface area (Å²) < 4.78 is 5.72. The van der Waals surface area contributed by atoms with Crippen molar-refractivity contribution < 1.29 is 9.53 Å². The number of amides is 1. The molecule has 6 nitrogen and oxygen atoms in total. The second-order valence-electron chi connectivity index (χ2n) is 5.55. The number of carbonyl (C=O) groups excluding carboxylic acids is 1. The third-order valence-corrected chi connectivity index (χ3v) is 3.29. The van der Waals surface area contributed by atoms with Gasteiger partial charge in [0.25, 0.3) is 0 Å². The van der Waals surface area contributed by atoms with Gasteiger partial charge >= 0.3 is 0 Å². The molecule has 22 heavy (non-hydrogen) atoms. The molecule has 6 heteroatoms. The molecule has 0 aromatic heterocycles. The van der Waals surface area contributed by atoms with Gasteiger partial charge in [-0.2, -0.15) is 0 Å². The molecule has 0 saturated carbocycles. The van der Waals surface area contributed by atoms with E-state index < -0.39 is 0 Å². The maximum absolute atomic E-state index is 11.5. The molecular formula is C16H34N4O2. The topological polar surface area (TPSA) is 74.8 Å². The first-order valence-corrected chi connectivity index (χ1v) is 8.37. The van der Waals surface area contributed by atoms with Crippen LogP contribution < -0.4 is 16.0 Å². The Morgan fingerprint density at radius 3 is 2.32 bits per heavy atom. The van der Waals surface area contributed by atoms with Crippen LogP contribution >= 0.6 is 0 Å². The average Bonchev–Trinajstić information content (AvgIpc) is 2.50. The Bertz CT molecular complexity index is 319. The molecule has 0 aliphatic heterocycles. The van der Waals surface area contributed by atoms with Crippen molar-refractivity contribution in [3.05, 3.63) is 0 Å². The fraction of sp³-hybridized carbons (Fsp3) is 0.875. The largest absolute Gasteiger partial charge is 0.378 e. The highest BCUT2D eigenvalue weighted by Crippen LogP contribution is 2.09. The van der Waals surface area contributed by atoms with Gasteiger partial charge < -0.3 is 20.7 Å². The maximum atomic E-state index is 11.5. The summed E-state index contributed by atoms with van der Waals surface area (Å²) >= 11 is 0. The number of carbonyl (C=O) groups is 1. The number of nitrogens with one attached hydrogen (secondary N) is 3. The second-order valence-corrected chi connectivity index (χ2v) is 5.55. The van der Waals surface area contributed by atoms with Crippen LogP contribution in [-0.2, 0) is 9.53 Å². The minimum Gasteiger partial charge on any atom is -0.378 e. The summed E-state index contributed by atoms with van der Waals surface area (Å²) in [4.78, 5) is 15.7. The van der Waals surface area contributed by atoms with Gasteiger partial charge in [-0.15, -0.1) is 0 Å². The van der Waals surface area contributed by atoms with Gasteiger partial charge in [-0.3, -0.25) is 9.79 Å². The highest BCUT2D eigenvalue weighted by Gasteiger charge is 2.12. The fourth-order valence-corrected chi connectivity index (χ4v) is 2.02. The van der Waals surface area contributed by atoms with E-state index in [0.717, 1.165) is 38.5 Å². The molecule has 0 aliphatic carbocycles. The smallest absolute Gasteiger partial charge is 0.221 e. The molecule has 0 fully saturated rings. The molecule has 0 spiro atoms. The van der Waals surface area contributed by atoms with E-state index in [1.807, 2.05) is 13.8 Å². The van der Waals surface area contributed by atoms with Crippen LogP contribution in [0.3, 0.4) is 0 Å². The summed E-state index contributed by atoms with van der Waals surface area (Å²) in [7, 11) is 1.73. The van der Waals surface area contributed by atoms with Crippen molar-refractivity contribution in [1.82, 2.24) is 16.0 Å². The predicted octanol–water partition coefficient (Wildman–Crippen LogP) is 1.52. The molecule has 0 rings (SSSR count). The Balaban J connectivity index is 3.90. The molecule has 3 N–H and O–H groups in total. The van der Waals surface area contributed by atoms with Crippen molar-refractivity contribution in [2.24, 2.45) is 10.9 Å². The highest BCUT2D eigenvalue weighted by atomic mass is 16.5. The van der Waals surface area contributed by atoms with Crippen LogP contribution in [0.1, 0.15) is 47.0 Å². The SMILES string of the molecule is CCCNC(=O)CCNC(=NC)NCCC(OCC)C(C)C. The summed E-state index contributed by atoms with van der Waals surface area (Å²) in [5, 5.41) is 9.26. The van der Waals surface area contributed by atoms with Crippen LogP contribution in [0.25, 0.3) is 0 Å². The number of hydrogen-bond acceptors (Lipinski definition) is 3. The molecule has 1 atom stereocenters. The van der Waals surface area contributed by atoms with Crippen molar-refractivity contribution in [2.75, 3.05) is 33.3 Å². The molecule has 0 bridgehead atoms. The van der Waals surface area contributed by atoms with Crippen molar-refractivity contribution in [2.45, 2.75) is 53.1 Å². The lowest BCUT2D eigenvalue weighted by Gasteiger charge is -2.21. The van der Waals surface area contributed by atoms with Crippen LogP contribution in [0, 0.1) is 5.92 Å². The van der Waals surface area contributed by atoms with Crippen molar-refractivity contribution in [3.63, 3.8) is 0 Å². The third-order valence-electron chi connectivity index (χ3n) is 3.29. The molecule has 0 aliphatic rings.